The van der Waals surface area contributed by atoms with Gasteiger partial charge < -0.3 is 16.2 Å². The van der Waals surface area contributed by atoms with Gasteiger partial charge in [-0.2, -0.15) is 10.2 Å². The van der Waals surface area contributed by atoms with E-state index >= 15 is 0 Å². The summed E-state index contributed by atoms with van der Waals surface area (Å²) >= 11 is 0. The summed E-state index contributed by atoms with van der Waals surface area (Å²) in [7, 11) is 1.66. The van der Waals surface area contributed by atoms with Crippen LogP contribution in [0.25, 0.3) is 11.3 Å². The van der Waals surface area contributed by atoms with E-state index in [0.717, 1.165) is 36.5 Å². The lowest BCUT2D eigenvalue weighted by molar-refractivity contribution is 0.321. The van der Waals surface area contributed by atoms with Crippen LogP contribution in [0, 0.1) is 11.3 Å². The molecule has 0 unspecified atom stereocenters. The van der Waals surface area contributed by atoms with Crippen molar-refractivity contribution < 1.29 is 4.74 Å². The molecule has 2 aromatic rings. The maximum Gasteiger partial charge on any atom is 0.222 e. The first-order chi connectivity index (χ1) is 11.6. The van der Waals surface area contributed by atoms with E-state index in [2.05, 4.69) is 20.9 Å². The summed E-state index contributed by atoms with van der Waals surface area (Å²) < 4.78 is 5.48. The fraction of sp³-hybridized carbons (Fsp3) is 0.353. The summed E-state index contributed by atoms with van der Waals surface area (Å²) in [6, 6.07) is 7.79. The molecular weight excluding hydrogens is 304 g/mol. The van der Waals surface area contributed by atoms with Gasteiger partial charge in [0.2, 0.25) is 5.95 Å². The van der Waals surface area contributed by atoms with Crippen molar-refractivity contribution in [2.45, 2.75) is 19.4 Å². The molecule has 1 aliphatic rings. The second-order valence-electron chi connectivity index (χ2n) is 5.81. The third-order valence-electron chi connectivity index (χ3n) is 4.21. The Balaban J connectivity index is 2.04. The van der Waals surface area contributed by atoms with Gasteiger partial charge in [0.25, 0.3) is 0 Å². The maximum absolute atomic E-state index is 9.37. The van der Waals surface area contributed by atoms with E-state index in [0.29, 0.717) is 5.69 Å². The predicted octanol–water partition coefficient (Wildman–Crippen LogP) is 1.78. The quantitative estimate of drug-likeness (QED) is 0.881. The lowest BCUT2D eigenvalue weighted by Crippen LogP contribution is -2.18. The smallest absolute Gasteiger partial charge is 0.222 e. The molecule has 0 aliphatic carbocycles. The number of anilines is 2. The van der Waals surface area contributed by atoms with E-state index in [1.165, 1.54) is 12.8 Å². The SMILES string of the molecule is COc1ccc(-c2nc(N)nc(N)c2C#N)cc1CN1CCCC1. The van der Waals surface area contributed by atoms with Crippen LogP contribution in [0.15, 0.2) is 18.2 Å². The second kappa shape index (κ2) is 6.72. The van der Waals surface area contributed by atoms with Crippen LogP contribution in [0.5, 0.6) is 5.75 Å². The summed E-state index contributed by atoms with van der Waals surface area (Å²) in [5.74, 6) is 0.967. The molecule has 0 atom stereocenters. The van der Waals surface area contributed by atoms with E-state index in [1.54, 1.807) is 7.11 Å². The number of ether oxygens (including phenoxy) is 1. The zero-order valence-corrected chi connectivity index (χ0v) is 13.6. The predicted molar refractivity (Wildman–Crippen MR) is 92.1 cm³/mol. The van der Waals surface area contributed by atoms with Crippen molar-refractivity contribution in [3.63, 3.8) is 0 Å². The molecule has 1 saturated heterocycles. The molecule has 0 amide bonds. The normalized spacial score (nSPS) is 14.5. The van der Waals surface area contributed by atoms with E-state index in [9.17, 15) is 5.26 Å². The number of likely N-dealkylation sites (tertiary alicyclic amines) is 1. The summed E-state index contributed by atoms with van der Waals surface area (Å²) in [4.78, 5) is 10.5. The van der Waals surface area contributed by atoms with Crippen LogP contribution >= 0.6 is 0 Å². The molecular formula is C17H20N6O. The van der Waals surface area contributed by atoms with Crippen LogP contribution in [0.3, 0.4) is 0 Å². The van der Waals surface area contributed by atoms with Crippen LogP contribution in [-0.2, 0) is 6.54 Å². The topological polar surface area (TPSA) is 114 Å². The van der Waals surface area contributed by atoms with E-state index in [4.69, 9.17) is 16.2 Å². The fourth-order valence-corrected chi connectivity index (χ4v) is 3.05. The first kappa shape index (κ1) is 16.0. The van der Waals surface area contributed by atoms with Crippen molar-refractivity contribution in [1.29, 1.82) is 5.26 Å². The second-order valence-corrected chi connectivity index (χ2v) is 5.81. The van der Waals surface area contributed by atoms with Crippen molar-refractivity contribution in [3.05, 3.63) is 29.3 Å². The minimum Gasteiger partial charge on any atom is -0.496 e. The molecule has 24 heavy (non-hydrogen) atoms. The van der Waals surface area contributed by atoms with Gasteiger partial charge >= 0.3 is 0 Å². The number of nitrogens with zero attached hydrogens (tertiary/aromatic N) is 4. The highest BCUT2D eigenvalue weighted by Crippen LogP contribution is 2.30. The molecule has 1 fully saturated rings. The van der Waals surface area contributed by atoms with Gasteiger partial charge in [-0.15, -0.1) is 0 Å². The Bertz CT molecular complexity index is 792. The Morgan fingerprint density at radius 2 is 2.00 bits per heavy atom. The van der Waals surface area contributed by atoms with Crippen molar-refractivity contribution >= 4 is 11.8 Å². The number of benzene rings is 1. The highest BCUT2D eigenvalue weighted by molar-refractivity contribution is 5.74. The zero-order chi connectivity index (χ0) is 17.1. The molecule has 0 spiro atoms. The summed E-state index contributed by atoms with van der Waals surface area (Å²) in [6.45, 7) is 2.98. The Hall–Kier alpha value is -2.85. The molecule has 1 aromatic carbocycles. The van der Waals surface area contributed by atoms with Gasteiger partial charge in [0.15, 0.2) is 0 Å². The first-order valence-corrected chi connectivity index (χ1v) is 7.85. The Labute approximate surface area is 140 Å². The molecule has 2 heterocycles. The van der Waals surface area contributed by atoms with Gasteiger partial charge in [0, 0.05) is 17.7 Å². The lowest BCUT2D eigenvalue weighted by atomic mass is 10.0. The summed E-state index contributed by atoms with van der Waals surface area (Å²) in [5.41, 5.74) is 14.0. The van der Waals surface area contributed by atoms with Crippen LogP contribution < -0.4 is 16.2 Å². The largest absolute Gasteiger partial charge is 0.496 e. The molecule has 0 bridgehead atoms. The summed E-state index contributed by atoms with van der Waals surface area (Å²) in [5, 5.41) is 9.37. The first-order valence-electron chi connectivity index (χ1n) is 7.85. The number of nitrogens with two attached hydrogens (primary N) is 2. The van der Waals surface area contributed by atoms with Gasteiger partial charge in [-0.1, -0.05) is 0 Å². The standard InChI is InChI=1S/C17H20N6O/c1-24-14-5-4-11(8-12(14)10-23-6-2-3-7-23)15-13(9-18)16(19)22-17(20)21-15/h4-5,8H,2-3,6-7,10H2,1H3,(H4,19,20,21,22). The van der Waals surface area contributed by atoms with E-state index in [1.807, 2.05) is 18.2 Å². The maximum atomic E-state index is 9.37. The zero-order valence-electron chi connectivity index (χ0n) is 13.6. The Morgan fingerprint density at radius 3 is 2.67 bits per heavy atom. The number of aromatic nitrogens is 2. The number of nitriles is 1. The number of rotatable bonds is 4. The molecule has 7 heteroatoms. The Kier molecular flexibility index (Phi) is 4.49. The van der Waals surface area contributed by atoms with E-state index in [-0.39, 0.29) is 17.3 Å². The van der Waals surface area contributed by atoms with E-state index < -0.39 is 0 Å². The van der Waals surface area contributed by atoms with Gasteiger partial charge in [-0.05, 0) is 44.1 Å². The molecule has 1 aromatic heterocycles. The average Bonchev–Trinajstić information content (AvgIpc) is 3.07. The monoisotopic (exact) mass is 324 g/mol. The molecule has 124 valence electrons. The highest BCUT2D eigenvalue weighted by Gasteiger charge is 2.18. The molecule has 4 N–H and O–H groups in total. The Morgan fingerprint density at radius 1 is 1.25 bits per heavy atom. The van der Waals surface area contributed by atoms with Crippen molar-refractivity contribution in [2.24, 2.45) is 0 Å². The molecule has 1 aliphatic heterocycles. The van der Waals surface area contributed by atoms with Gasteiger partial charge in [-0.3, -0.25) is 4.90 Å². The minimum absolute atomic E-state index is 0.0541. The van der Waals surface area contributed by atoms with Crippen molar-refractivity contribution in [1.82, 2.24) is 14.9 Å². The third kappa shape index (κ3) is 3.09. The third-order valence-corrected chi connectivity index (χ3v) is 4.21. The average molecular weight is 324 g/mol. The molecule has 3 rings (SSSR count). The van der Waals surface area contributed by atoms with Gasteiger partial charge in [-0.25, -0.2) is 4.98 Å². The lowest BCUT2D eigenvalue weighted by Gasteiger charge is -2.18. The minimum atomic E-state index is 0.0541. The number of methoxy groups -OCH3 is 1. The van der Waals surface area contributed by atoms with Crippen LogP contribution in [0.2, 0.25) is 0 Å². The molecule has 0 saturated carbocycles. The van der Waals surface area contributed by atoms with Crippen molar-refractivity contribution in [3.8, 4) is 23.1 Å². The summed E-state index contributed by atoms with van der Waals surface area (Å²) in [6.07, 6.45) is 2.44. The van der Waals surface area contributed by atoms with Gasteiger partial charge in [0.05, 0.1) is 12.8 Å². The molecule has 0 radical (unpaired) electrons. The van der Waals surface area contributed by atoms with Gasteiger partial charge in [0.1, 0.15) is 23.2 Å². The number of nitrogen functional groups attached to an aromatic ring is 2. The van der Waals surface area contributed by atoms with Crippen LogP contribution in [-0.4, -0.2) is 35.1 Å². The van der Waals surface area contributed by atoms with Crippen LogP contribution in [0.4, 0.5) is 11.8 Å². The number of hydrogen-bond acceptors (Lipinski definition) is 7. The van der Waals surface area contributed by atoms with Crippen molar-refractivity contribution in [2.75, 3.05) is 31.7 Å². The fourth-order valence-electron chi connectivity index (χ4n) is 3.05. The highest BCUT2D eigenvalue weighted by atomic mass is 16.5. The van der Waals surface area contributed by atoms with Crippen LogP contribution in [0.1, 0.15) is 24.0 Å². The molecule has 7 nitrogen and oxygen atoms in total. The number of hydrogen-bond donors (Lipinski definition) is 2.